The number of benzene rings is 1. The summed E-state index contributed by atoms with van der Waals surface area (Å²) in [5.74, 6) is 0.206. The number of nitrogens with one attached hydrogen (secondary N) is 1. The van der Waals surface area contributed by atoms with Crippen molar-refractivity contribution in [3.8, 4) is 0 Å². The van der Waals surface area contributed by atoms with Gasteiger partial charge in [-0.1, -0.05) is 12.1 Å². The molecule has 0 spiro atoms. The third kappa shape index (κ3) is 5.30. The third-order valence-corrected chi connectivity index (χ3v) is 3.59. The lowest BCUT2D eigenvalue weighted by Gasteiger charge is -2.24. The van der Waals surface area contributed by atoms with Crippen LogP contribution in [0.15, 0.2) is 24.3 Å². The van der Waals surface area contributed by atoms with Crippen LogP contribution in [-0.4, -0.2) is 36.2 Å². The van der Waals surface area contributed by atoms with Crippen LogP contribution in [0.2, 0.25) is 0 Å². The van der Waals surface area contributed by atoms with Gasteiger partial charge in [-0.15, -0.1) is 0 Å². The molecule has 0 radical (unpaired) electrons. The second-order valence-electron chi connectivity index (χ2n) is 6.84. The molecule has 1 aromatic carbocycles. The molecule has 1 aliphatic heterocycles. The van der Waals surface area contributed by atoms with Crippen LogP contribution in [0.3, 0.4) is 0 Å². The number of carbonyl (C=O) groups excluding carboxylic acids is 1. The molecule has 1 heterocycles. The number of halogens is 1. The maximum absolute atomic E-state index is 13.1. The highest BCUT2D eigenvalue weighted by atomic mass is 19.1. The summed E-state index contributed by atoms with van der Waals surface area (Å²) in [7, 11) is 0. The molecule has 1 fully saturated rings. The van der Waals surface area contributed by atoms with Gasteiger partial charge in [-0.05, 0) is 50.8 Å². The van der Waals surface area contributed by atoms with Crippen LogP contribution >= 0.6 is 0 Å². The Morgan fingerprint density at radius 2 is 2.23 bits per heavy atom. The Morgan fingerprint density at radius 1 is 1.45 bits per heavy atom. The van der Waals surface area contributed by atoms with Gasteiger partial charge in [0.2, 0.25) is 0 Å². The summed E-state index contributed by atoms with van der Waals surface area (Å²) < 4.78 is 18.5. The zero-order valence-electron chi connectivity index (χ0n) is 13.6. The Labute approximate surface area is 131 Å². The number of hydrogen-bond acceptors (Lipinski definition) is 3. The van der Waals surface area contributed by atoms with Crippen molar-refractivity contribution in [2.45, 2.75) is 39.3 Å². The standard InChI is InChI=1S/C17H25FN2O2/c1-17(2,3)22-16(21)20-8-7-14(12-20)11-19-10-13-5-4-6-15(18)9-13/h4-6,9,14,19H,7-8,10-12H2,1-3H3/t14-/m0/s1. The third-order valence-electron chi connectivity index (χ3n) is 3.59. The molecule has 1 N–H and O–H groups in total. The first-order valence-electron chi connectivity index (χ1n) is 7.76. The van der Waals surface area contributed by atoms with Crippen LogP contribution in [0.25, 0.3) is 0 Å². The molecule has 122 valence electrons. The molecule has 0 bridgehead atoms. The molecule has 2 rings (SSSR count). The minimum absolute atomic E-state index is 0.212. The summed E-state index contributed by atoms with van der Waals surface area (Å²) in [6.07, 6.45) is 0.732. The van der Waals surface area contributed by atoms with Gasteiger partial charge in [0.25, 0.3) is 0 Å². The van der Waals surface area contributed by atoms with Crippen molar-refractivity contribution in [1.29, 1.82) is 0 Å². The van der Waals surface area contributed by atoms with E-state index in [1.165, 1.54) is 12.1 Å². The Bertz CT molecular complexity index is 514. The molecule has 4 nitrogen and oxygen atoms in total. The fraction of sp³-hybridized carbons (Fsp3) is 0.588. The monoisotopic (exact) mass is 308 g/mol. The second-order valence-corrected chi connectivity index (χ2v) is 6.84. The summed E-state index contributed by atoms with van der Waals surface area (Å²) in [6, 6.07) is 6.59. The number of amides is 1. The van der Waals surface area contributed by atoms with Gasteiger partial charge in [-0.25, -0.2) is 9.18 Å². The van der Waals surface area contributed by atoms with E-state index in [1.54, 1.807) is 11.0 Å². The molecule has 1 saturated heterocycles. The average Bonchev–Trinajstić information content (AvgIpc) is 2.86. The van der Waals surface area contributed by atoms with Gasteiger partial charge in [0.1, 0.15) is 11.4 Å². The molecular weight excluding hydrogens is 283 g/mol. The van der Waals surface area contributed by atoms with Crippen LogP contribution in [-0.2, 0) is 11.3 Å². The van der Waals surface area contributed by atoms with Crippen molar-refractivity contribution < 1.29 is 13.9 Å². The summed E-state index contributed by atoms with van der Waals surface area (Å²) in [4.78, 5) is 13.7. The minimum atomic E-state index is -0.454. The maximum Gasteiger partial charge on any atom is 0.410 e. The first-order valence-corrected chi connectivity index (χ1v) is 7.76. The number of ether oxygens (including phenoxy) is 1. The van der Waals surface area contributed by atoms with Crippen molar-refractivity contribution in [3.05, 3.63) is 35.6 Å². The molecule has 1 atom stereocenters. The van der Waals surface area contributed by atoms with E-state index in [9.17, 15) is 9.18 Å². The molecule has 1 aliphatic rings. The Hall–Kier alpha value is -1.62. The van der Waals surface area contributed by atoms with Gasteiger partial charge in [-0.2, -0.15) is 0 Å². The van der Waals surface area contributed by atoms with Crippen molar-refractivity contribution >= 4 is 6.09 Å². The first kappa shape index (κ1) is 16.7. The van der Waals surface area contributed by atoms with Crippen LogP contribution < -0.4 is 5.32 Å². The molecule has 0 aliphatic carbocycles. The molecular formula is C17H25FN2O2. The Kier molecular flexibility index (Phi) is 5.40. The van der Waals surface area contributed by atoms with Gasteiger partial charge >= 0.3 is 6.09 Å². The van der Waals surface area contributed by atoms with E-state index in [2.05, 4.69) is 5.32 Å². The molecule has 22 heavy (non-hydrogen) atoms. The smallest absolute Gasteiger partial charge is 0.410 e. The van der Waals surface area contributed by atoms with Crippen molar-refractivity contribution in [2.75, 3.05) is 19.6 Å². The zero-order valence-corrected chi connectivity index (χ0v) is 13.6. The largest absolute Gasteiger partial charge is 0.444 e. The summed E-state index contributed by atoms with van der Waals surface area (Å²) in [5, 5.41) is 3.33. The lowest BCUT2D eigenvalue weighted by molar-refractivity contribution is 0.0288. The predicted octanol–water partition coefficient (Wildman–Crippen LogP) is 3.17. The highest BCUT2D eigenvalue weighted by Gasteiger charge is 2.29. The zero-order chi connectivity index (χ0) is 16.2. The van der Waals surface area contributed by atoms with E-state index in [-0.39, 0.29) is 11.9 Å². The van der Waals surface area contributed by atoms with E-state index < -0.39 is 5.60 Å². The number of likely N-dealkylation sites (tertiary alicyclic amines) is 1. The fourth-order valence-corrected chi connectivity index (χ4v) is 2.56. The van der Waals surface area contributed by atoms with Crippen LogP contribution in [0, 0.1) is 11.7 Å². The highest BCUT2D eigenvalue weighted by molar-refractivity contribution is 5.68. The molecule has 0 saturated carbocycles. The minimum Gasteiger partial charge on any atom is -0.444 e. The molecule has 0 aromatic heterocycles. The van der Waals surface area contributed by atoms with Crippen molar-refractivity contribution in [1.82, 2.24) is 10.2 Å². The average molecular weight is 308 g/mol. The topological polar surface area (TPSA) is 41.6 Å². The first-order chi connectivity index (χ1) is 10.3. The highest BCUT2D eigenvalue weighted by Crippen LogP contribution is 2.19. The molecule has 1 amide bonds. The Balaban J connectivity index is 1.71. The lowest BCUT2D eigenvalue weighted by Crippen LogP contribution is -2.36. The SMILES string of the molecule is CC(C)(C)OC(=O)N1CC[C@@H](CNCc2cccc(F)c2)C1. The van der Waals surface area contributed by atoms with Gasteiger partial charge in [-0.3, -0.25) is 0 Å². The summed E-state index contributed by atoms with van der Waals surface area (Å²) >= 11 is 0. The quantitative estimate of drug-likeness (QED) is 0.929. The number of carbonyl (C=O) groups is 1. The van der Waals surface area contributed by atoms with E-state index in [4.69, 9.17) is 4.74 Å². The van der Waals surface area contributed by atoms with E-state index >= 15 is 0 Å². The maximum atomic E-state index is 13.1. The fourth-order valence-electron chi connectivity index (χ4n) is 2.56. The van der Waals surface area contributed by atoms with E-state index in [0.717, 1.165) is 25.1 Å². The summed E-state index contributed by atoms with van der Waals surface area (Å²) in [5.41, 5.74) is 0.479. The van der Waals surface area contributed by atoms with Crippen molar-refractivity contribution in [2.24, 2.45) is 5.92 Å². The van der Waals surface area contributed by atoms with Crippen LogP contribution in [0.1, 0.15) is 32.8 Å². The predicted molar refractivity (Wildman–Crippen MR) is 84.0 cm³/mol. The molecule has 0 unspecified atom stereocenters. The number of rotatable bonds is 4. The molecule has 1 aromatic rings. The Morgan fingerprint density at radius 3 is 2.91 bits per heavy atom. The van der Waals surface area contributed by atoms with Crippen LogP contribution in [0.5, 0.6) is 0 Å². The van der Waals surface area contributed by atoms with E-state index in [0.29, 0.717) is 19.0 Å². The normalized spacial score (nSPS) is 18.5. The van der Waals surface area contributed by atoms with Crippen LogP contribution in [0.4, 0.5) is 9.18 Å². The molecule has 5 heteroatoms. The second kappa shape index (κ2) is 7.09. The van der Waals surface area contributed by atoms with Gasteiger partial charge in [0.05, 0.1) is 0 Å². The van der Waals surface area contributed by atoms with Crippen molar-refractivity contribution in [3.63, 3.8) is 0 Å². The number of nitrogens with zero attached hydrogens (tertiary/aromatic N) is 1. The summed E-state index contributed by atoms with van der Waals surface area (Å²) in [6.45, 7) is 8.53. The number of hydrogen-bond donors (Lipinski definition) is 1. The lowest BCUT2D eigenvalue weighted by atomic mass is 10.1. The van der Waals surface area contributed by atoms with Gasteiger partial charge < -0.3 is 15.0 Å². The van der Waals surface area contributed by atoms with E-state index in [1.807, 2.05) is 26.8 Å². The van der Waals surface area contributed by atoms with Gasteiger partial charge in [0, 0.05) is 26.2 Å². The van der Waals surface area contributed by atoms with Gasteiger partial charge in [0.15, 0.2) is 0 Å².